The van der Waals surface area contributed by atoms with E-state index in [9.17, 15) is 9.90 Å². The van der Waals surface area contributed by atoms with Gasteiger partial charge in [-0.3, -0.25) is 4.79 Å². The Hall–Kier alpha value is -1.81. The van der Waals surface area contributed by atoms with Crippen molar-refractivity contribution >= 4 is 17.6 Å². The smallest absolute Gasteiger partial charge is 0.314 e. The zero-order chi connectivity index (χ0) is 13.8. The molecule has 4 nitrogen and oxygen atoms in total. The lowest BCUT2D eigenvalue weighted by atomic mass is 9.98. The number of nitrogens with zero attached hydrogens (tertiary/aromatic N) is 2. The predicted octanol–water partition coefficient (Wildman–Crippen LogP) is 2.97. The monoisotopic (exact) mass is 278 g/mol. The van der Waals surface area contributed by atoms with Crippen LogP contribution in [-0.4, -0.2) is 20.6 Å². The van der Waals surface area contributed by atoms with Crippen molar-refractivity contribution in [3.8, 4) is 0 Å². The van der Waals surface area contributed by atoms with E-state index in [0.29, 0.717) is 23.8 Å². The third-order valence-corrected chi connectivity index (χ3v) is 3.45. The molecule has 1 N–H and O–H groups in total. The Labute approximate surface area is 116 Å². The average Bonchev–Trinajstić information content (AvgIpc) is 2.85. The number of benzene rings is 1. The Morgan fingerprint density at radius 1 is 1.47 bits per heavy atom. The number of halogens is 1. The normalized spacial score (nSPS) is 12.3. The molecule has 5 heteroatoms. The lowest BCUT2D eigenvalue weighted by Gasteiger charge is -2.14. The fraction of sp³-hybridized carbons (Fsp3) is 0.286. The molecule has 1 unspecified atom stereocenters. The quantitative estimate of drug-likeness (QED) is 0.915. The molecule has 0 aliphatic carbocycles. The van der Waals surface area contributed by atoms with Gasteiger partial charge in [0.2, 0.25) is 0 Å². The first-order valence-electron chi connectivity index (χ1n) is 6.10. The van der Waals surface area contributed by atoms with E-state index in [1.54, 1.807) is 18.5 Å². The van der Waals surface area contributed by atoms with Crippen molar-refractivity contribution in [1.29, 1.82) is 0 Å². The highest BCUT2D eigenvalue weighted by molar-refractivity contribution is 6.31. The van der Waals surface area contributed by atoms with Crippen molar-refractivity contribution in [2.24, 2.45) is 0 Å². The number of carboxylic acids is 1. The average molecular weight is 279 g/mol. The molecule has 100 valence electrons. The van der Waals surface area contributed by atoms with E-state index in [1.807, 2.05) is 29.7 Å². The predicted molar refractivity (Wildman–Crippen MR) is 73.4 cm³/mol. The molecule has 0 saturated heterocycles. The van der Waals surface area contributed by atoms with E-state index >= 15 is 0 Å². The fourth-order valence-corrected chi connectivity index (χ4v) is 2.28. The maximum Gasteiger partial charge on any atom is 0.314 e. The molecule has 0 aliphatic rings. The zero-order valence-electron chi connectivity index (χ0n) is 10.6. The summed E-state index contributed by atoms with van der Waals surface area (Å²) in [7, 11) is 0. The van der Waals surface area contributed by atoms with Gasteiger partial charge in [0, 0.05) is 24.0 Å². The molecule has 19 heavy (non-hydrogen) atoms. The van der Waals surface area contributed by atoms with Gasteiger partial charge >= 0.3 is 5.97 Å². The van der Waals surface area contributed by atoms with Gasteiger partial charge in [0.1, 0.15) is 11.7 Å². The Balaban J connectivity index is 2.32. The molecule has 0 aliphatic heterocycles. The summed E-state index contributed by atoms with van der Waals surface area (Å²) >= 11 is 6.09. The Bertz CT molecular complexity index is 580. The molecule has 0 amide bonds. The van der Waals surface area contributed by atoms with Crippen LogP contribution in [0, 0.1) is 0 Å². The highest BCUT2D eigenvalue weighted by Crippen LogP contribution is 2.24. The summed E-state index contributed by atoms with van der Waals surface area (Å²) in [6.07, 6.45) is 3.76. The van der Waals surface area contributed by atoms with Crippen LogP contribution in [-0.2, 0) is 17.8 Å². The first kappa shape index (κ1) is 13.6. The van der Waals surface area contributed by atoms with Gasteiger partial charge in [-0.2, -0.15) is 0 Å². The Kier molecular flexibility index (Phi) is 4.22. The number of aliphatic carboxylic acids is 1. The summed E-state index contributed by atoms with van der Waals surface area (Å²) < 4.78 is 1.84. The van der Waals surface area contributed by atoms with Gasteiger partial charge in [0.15, 0.2) is 0 Å². The van der Waals surface area contributed by atoms with Crippen LogP contribution in [0.25, 0.3) is 0 Å². The number of rotatable bonds is 5. The lowest BCUT2D eigenvalue weighted by molar-refractivity contribution is -0.139. The molecule has 1 heterocycles. The highest BCUT2D eigenvalue weighted by atomic mass is 35.5. The molecule has 0 radical (unpaired) electrons. The van der Waals surface area contributed by atoms with Gasteiger partial charge in [-0.25, -0.2) is 4.98 Å². The van der Waals surface area contributed by atoms with Gasteiger partial charge < -0.3 is 9.67 Å². The van der Waals surface area contributed by atoms with Crippen LogP contribution in [0.1, 0.15) is 24.2 Å². The van der Waals surface area contributed by atoms with Gasteiger partial charge in [-0.15, -0.1) is 0 Å². The van der Waals surface area contributed by atoms with Gasteiger partial charge in [-0.1, -0.05) is 29.8 Å². The first-order valence-corrected chi connectivity index (χ1v) is 6.48. The van der Waals surface area contributed by atoms with E-state index in [-0.39, 0.29) is 0 Å². The SMILES string of the molecule is CCn1ccnc1C(Cc1ccccc1Cl)C(=O)O. The van der Waals surface area contributed by atoms with Crippen LogP contribution in [0.4, 0.5) is 0 Å². The molecule has 1 aromatic carbocycles. The summed E-state index contributed by atoms with van der Waals surface area (Å²) in [5.41, 5.74) is 0.821. The summed E-state index contributed by atoms with van der Waals surface area (Å²) in [6, 6.07) is 7.29. The largest absolute Gasteiger partial charge is 0.481 e. The number of hydrogen-bond donors (Lipinski definition) is 1. The van der Waals surface area contributed by atoms with Crippen LogP contribution < -0.4 is 0 Å². The van der Waals surface area contributed by atoms with Gasteiger partial charge in [0.25, 0.3) is 0 Å². The molecule has 0 saturated carbocycles. The van der Waals surface area contributed by atoms with E-state index in [1.165, 1.54) is 0 Å². The second-order valence-corrected chi connectivity index (χ2v) is 4.67. The minimum absolute atomic E-state index is 0.339. The number of hydrogen-bond acceptors (Lipinski definition) is 2. The van der Waals surface area contributed by atoms with Crippen molar-refractivity contribution in [3.05, 3.63) is 53.1 Å². The number of carboxylic acid groups (broad SMARTS) is 1. The van der Waals surface area contributed by atoms with Crippen LogP contribution >= 0.6 is 11.6 Å². The third kappa shape index (κ3) is 2.96. The molecule has 2 rings (SSSR count). The fourth-order valence-electron chi connectivity index (χ4n) is 2.07. The molecule has 2 aromatic rings. The Morgan fingerprint density at radius 2 is 2.21 bits per heavy atom. The van der Waals surface area contributed by atoms with Crippen molar-refractivity contribution in [3.63, 3.8) is 0 Å². The van der Waals surface area contributed by atoms with Crippen molar-refractivity contribution in [1.82, 2.24) is 9.55 Å². The number of aromatic nitrogens is 2. The summed E-state index contributed by atoms with van der Waals surface area (Å²) in [5, 5.41) is 10.0. The van der Waals surface area contributed by atoms with E-state index in [4.69, 9.17) is 11.6 Å². The minimum Gasteiger partial charge on any atom is -0.481 e. The number of imidazole rings is 1. The molecular formula is C14H15ClN2O2. The molecule has 1 atom stereocenters. The van der Waals surface area contributed by atoms with Gasteiger partial charge in [0.05, 0.1) is 0 Å². The van der Waals surface area contributed by atoms with Crippen molar-refractivity contribution < 1.29 is 9.90 Å². The molecular weight excluding hydrogens is 264 g/mol. The summed E-state index contributed by atoms with van der Waals surface area (Å²) in [6.45, 7) is 2.65. The topological polar surface area (TPSA) is 55.1 Å². The minimum atomic E-state index is -0.888. The van der Waals surface area contributed by atoms with Crippen LogP contribution in [0.5, 0.6) is 0 Å². The summed E-state index contributed by atoms with van der Waals surface area (Å²) in [5.74, 6) is -1.01. The van der Waals surface area contributed by atoms with Crippen molar-refractivity contribution in [2.45, 2.75) is 25.8 Å². The molecule has 0 spiro atoms. The maximum atomic E-state index is 11.5. The molecule has 1 aromatic heterocycles. The highest BCUT2D eigenvalue weighted by Gasteiger charge is 2.25. The van der Waals surface area contributed by atoms with E-state index in [2.05, 4.69) is 4.98 Å². The van der Waals surface area contributed by atoms with E-state index in [0.717, 1.165) is 5.56 Å². The third-order valence-electron chi connectivity index (χ3n) is 3.08. The number of carbonyl (C=O) groups is 1. The van der Waals surface area contributed by atoms with E-state index < -0.39 is 11.9 Å². The lowest BCUT2D eigenvalue weighted by Crippen LogP contribution is -2.19. The Morgan fingerprint density at radius 3 is 2.84 bits per heavy atom. The second-order valence-electron chi connectivity index (χ2n) is 4.26. The standard InChI is InChI=1S/C14H15ClN2O2/c1-2-17-8-7-16-13(17)11(14(18)19)9-10-5-3-4-6-12(10)15/h3-8,11H,2,9H2,1H3,(H,18,19). The maximum absolute atomic E-state index is 11.5. The van der Waals surface area contributed by atoms with Crippen LogP contribution in [0.2, 0.25) is 5.02 Å². The van der Waals surface area contributed by atoms with Crippen LogP contribution in [0.15, 0.2) is 36.7 Å². The second kappa shape index (κ2) is 5.89. The number of aryl methyl sites for hydroxylation is 1. The molecule has 0 fully saturated rings. The van der Waals surface area contributed by atoms with Crippen LogP contribution in [0.3, 0.4) is 0 Å². The first-order chi connectivity index (χ1) is 9.13. The molecule has 0 bridgehead atoms. The van der Waals surface area contributed by atoms with Crippen molar-refractivity contribution in [2.75, 3.05) is 0 Å². The van der Waals surface area contributed by atoms with Gasteiger partial charge in [-0.05, 0) is 25.0 Å². The summed E-state index contributed by atoms with van der Waals surface area (Å²) in [4.78, 5) is 15.7. The zero-order valence-corrected chi connectivity index (χ0v) is 11.3.